The molecule has 0 saturated carbocycles. The van der Waals surface area contributed by atoms with E-state index in [1.54, 1.807) is 43.5 Å². The summed E-state index contributed by atoms with van der Waals surface area (Å²) < 4.78 is 5.20. The highest BCUT2D eigenvalue weighted by atomic mass is 35.5. The number of benzene rings is 2. The van der Waals surface area contributed by atoms with Crippen molar-refractivity contribution < 1.29 is 14.3 Å². The summed E-state index contributed by atoms with van der Waals surface area (Å²) in [6, 6.07) is 12.2. The summed E-state index contributed by atoms with van der Waals surface area (Å²) in [6.45, 7) is 0. The SMILES string of the molecule is COc1ccc2c(c1)CCC(=O)C(c1ccc(Cl)cc1)C2=O. The van der Waals surface area contributed by atoms with Crippen molar-refractivity contribution in [1.82, 2.24) is 0 Å². The fourth-order valence-corrected chi connectivity index (χ4v) is 2.97. The van der Waals surface area contributed by atoms with Crippen LogP contribution in [0.3, 0.4) is 0 Å². The molecule has 0 heterocycles. The number of carbonyl (C=O) groups is 2. The van der Waals surface area contributed by atoms with Crippen LogP contribution in [0.15, 0.2) is 42.5 Å². The monoisotopic (exact) mass is 314 g/mol. The number of ketones is 2. The van der Waals surface area contributed by atoms with Gasteiger partial charge in [-0.05, 0) is 47.9 Å². The molecule has 1 atom stereocenters. The van der Waals surface area contributed by atoms with Gasteiger partial charge in [-0.15, -0.1) is 0 Å². The van der Waals surface area contributed by atoms with Gasteiger partial charge in [-0.2, -0.15) is 0 Å². The molecule has 1 unspecified atom stereocenters. The van der Waals surface area contributed by atoms with Crippen LogP contribution in [0.25, 0.3) is 0 Å². The molecule has 3 nitrogen and oxygen atoms in total. The van der Waals surface area contributed by atoms with Crippen LogP contribution in [-0.2, 0) is 11.2 Å². The molecule has 0 bridgehead atoms. The third kappa shape index (κ3) is 2.64. The summed E-state index contributed by atoms with van der Waals surface area (Å²) >= 11 is 5.89. The van der Waals surface area contributed by atoms with Crippen molar-refractivity contribution in [2.45, 2.75) is 18.8 Å². The quantitative estimate of drug-likeness (QED) is 0.625. The fourth-order valence-electron chi connectivity index (χ4n) is 2.84. The molecule has 4 heteroatoms. The topological polar surface area (TPSA) is 43.4 Å². The Hall–Kier alpha value is -2.13. The summed E-state index contributed by atoms with van der Waals surface area (Å²) in [7, 11) is 1.59. The number of hydrogen-bond donors (Lipinski definition) is 0. The Morgan fingerprint density at radius 2 is 1.77 bits per heavy atom. The van der Waals surface area contributed by atoms with Gasteiger partial charge in [0.05, 0.1) is 7.11 Å². The number of rotatable bonds is 2. The predicted molar refractivity (Wildman–Crippen MR) is 84.8 cm³/mol. The third-order valence-electron chi connectivity index (χ3n) is 4.01. The molecule has 1 aliphatic rings. The van der Waals surface area contributed by atoms with E-state index in [1.807, 2.05) is 6.07 Å². The van der Waals surface area contributed by atoms with E-state index in [-0.39, 0.29) is 11.6 Å². The molecule has 2 aromatic carbocycles. The largest absolute Gasteiger partial charge is 0.497 e. The Labute approximate surface area is 133 Å². The molecule has 0 aromatic heterocycles. The van der Waals surface area contributed by atoms with Crippen LogP contribution in [0.5, 0.6) is 5.75 Å². The molecule has 0 saturated heterocycles. The lowest BCUT2D eigenvalue weighted by Crippen LogP contribution is -2.20. The zero-order valence-corrected chi connectivity index (χ0v) is 12.9. The Balaban J connectivity index is 2.05. The first-order valence-electron chi connectivity index (χ1n) is 7.09. The van der Waals surface area contributed by atoms with Crippen molar-refractivity contribution in [3.8, 4) is 5.75 Å². The second-order valence-electron chi connectivity index (χ2n) is 5.34. The lowest BCUT2D eigenvalue weighted by molar-refractivity contribution is -0.119. The fraction of sp³-hybridized carbons (Fsp3) is 0.222. The van der Waals surface area contributed by atoms with Gasteiger partial charge in [-0.3, -0.25) is 9.59 Å². The molecular weight excluding hydrogens is 300 g/mol. The van der Waals surface area contributed by atoms with Gasteiger partial charge >= 0.3 is 0 Å². The van der Waals surface area contributed by atoms with Gasteiger partial charge in [0.1, 0.15) is 17.5 Å². The van der Waals surface area contributed by atoms with E-state index in [0.29, 0.717) is 34.7 Å². The highest BCUT2D eigenvalue weighted by Gasteiger charge is 2.33. The van der Waals surface area contributed by atoms with Gasteiger partial charge in [-0.1, -0.05) is 23.7 Å². The minimum Gasteiger partial charge on any atom is -0.497 e. The van der Waals surface area contributed by atoms with E-state index in [4.69, 9.17) is 16.3 Å². The van der Waals surface area contributed by atoms with Crippen molar-refractivity contribution in [2.24, 2.45) is 0 Å². The average molecular weight is 315 g/mol. The maximum absolute atomic E-state index is 12.8. The summed E-state index contributed by atoms with van der Waals surface area (Å²) in [5.41, 5.74) is 2.17. The normalized spacial score (nSPS) is 17.8. The maximum atomic E-state index is 12.8. The first kappa shape index (κ1) is 14.8. The van der Waals surface area contributed by atoms with Gasteiger partial charge in [0.25, 0.3) is 0 Å². The summed E-state index contributed by atoms with van der Waals surface area (Å²) in [6.07, 6.45) is 0.903. The molecule has 0 spiro atoms. The standard InChI is InChI=1S/C18H15ClO3/c1-22-14-7-8-15-12(10-14)4-9-16(20)17(18(15)21)11-2-5-13(19)6-3-11/h2-3,5-8,10,17H,4,9H2,1H3. The zero-order chi connectivity index (χ0) is 15.7. The first-order chi connectivity index (χ1) is 10.6. The molecule has 2 aromatic rings. The number of methoxy groups -OCH3 is 1. The molecule has 0 N–H and O–H groups in total. The highest BCUT2D eigenvalue weighted by molar-refractivity contribution is 6.30. The summed E-state index contributed by atoms with van der Waals surface area (Å²) in [4.78, 5) is 25.3. The van der Waals surface area contributed by atoms with Gasteiger partial charge in [0.15, 0.2) is 5.78 Å². The number of aryl methyl sites for hydroxylation is 1. The van der Waals surface area contributed by atoms with Crippen molar-refractivity contribution >= 4 is 23.2 Å². The Morgan fingerprint density at radius 1 is 1.05 bits per heavy atom. The molecule has 112 valence electrons. The van der Waals surface area contributed by atoms with Gasteiger partial charge in [0, 0.05) is 17.0 Å². The third-order valence-corrected chi connectivity index (χ3v) is 4.26. The van der Waals surface area contributed by atoms with E-state index in [0.717, 1.165) is 5.56 Å². The smallest absolute Gasteiger partial charge is 0.178 e. The lowest BCUT2D eigenvalue weighted by Gasteiger charge is -2.13. The molecule has 0 fully saturated rings. The van der Waals surface area contributed by atoms with E-state index in [9.17, 15) is 9.59 Å². The second kappa shape index (κ2) is 5.93. The predicted octanol–water partition coefficient (Wildman–Crippen LogP) is 3.83. The molecule has 0 radical (unpaired) electrons. The van der Waals surface area contributed by atoms with Crippen LogP contribution in [0.4, 0.5) is 0 Å². The maximum Gasteiger partial charge on any atom is 0.178 e. The number of carbonyl (C=O) groups excluding carboxylic acids is 2. The number of hydrogen-bond acceptors (Lipinski definition) is 3. The highest BCUT2D eigenvalue weighted by Crippen LogP contribution is 2.31. The minimum atomic E-state index is -0.744. The molecule has 22 heavy (non-hydrogen) atoms. The number of ether oxygens (including phenoxy) is 1. The van der Waals surface area contributed by atoms with Crippen molar-refractivity contribution in [3.05, 3.63) is 64.2 Å². The molecular formula is C18H15ClO3. The number of Topliss-reactive ketones (excluding diaryl/α,β-unsaturated/α-hetero) is 2. The first-order valence-corrected chi connectivity index (χ1v) is 7.47. The summed E-state index contributed by atoms with van der Waals surface area (Å²) in [5, 5.41) is 0.586. The van der Waals surface area contributed by atoms with E-state index >= 15 is 0 Å². The number of halogens is 1. The van der Waals surface area contributed by atoms with Crippen LogP contribution < -0.4 is 4.74 Å². The van der Waals surface area contributed by atoms with Gasteiger partial charge in [-0.25, -0.2) is 0 Å². The number of fused-ring (bicyclic) bond motifs is 1. The van der Waals surface area contributed by atoms with Crippen LogP contribution in [-0.4, -0.2) is 18.7 Å². The van der Waals surface area contributed by atoms with Crippen molar-refractivity contribution in [2.75, 3.05) is 7.11 Å². The second-order valence-corrected chi connectivity index (χ2v) is 5.77. The van der Waals surface area contributed by atoms with E-state index < -0.39 is 5.92 Å². The van der Waals surface area contributed by atoms with Crippen molar-refractivity contribution in [3.63, 3.8) is 0 Å². The van der Waals surface area contributed by atoms with E-state index in [1.165, 1.54) is 0 Å². The minimum absolute atomic E-state index is 0.0533. The van der Waals surface area contributed by atoms with Crippen LogP contribution in [0.2, 0.25) is 5.02 Å². The van der Waals surface area contributed by atoms with Crippen LogP contribution in [0, 0.1) is 0 Å². The Kier molecular flexibility index (Phi) is 3.99. The van der Waals surface area contributed by atoms with Gasteiger partial charge in [0.2, 0.25) is 0 Å². The van der Waals surface area contributed by atoms with E-state index in [2.05, 4.69) is 0 Å². The van der Waals surface area contributed by atoms with Gasteiger partial charge < -0.3 is 4.74 Å². The molecule has 3 rings (SSSR count). The van der Waals surface area contributed by atoms with Crippen molar-refractivity contribution in [1.29, 1.82) is 0 Å². The molecule has 0 amide bonds. The van der Waals surface area contributed by atoms with Crippen LogP contribution >= 0.6 is 11.6 Å². The Bertz CT molecular complexity index is 734. The molecule has 0 aliphatic heterocycles. The lowest BCUT2D eigenvalue weighted by atomic mass is 9.88. The van der Waals surface area contributed by atoms with Crippen LogP contribution in [0.1, 0.15) is 33.8 Å². The molecule has 1 aliphatic carbocycles. The average Bonchev–Trinajstić information content (AvgIpc) is 2.65. The Morgan fingerprint density at radius 3 is 2.45 bits per heavy atom. The summed E-state index contributed by atoms with van der Waals surface area (Å²) in [5.74, 6) is -0.249. The zero-order valence-electron chi connectivity index (χ0n) is 12.1.